The molecule has 0 spiro atoms. The Morgan fingerprint density at radius 3 is 2.20 bits per heavy atom. The number of amides is 1. The van der Waals surface area contributed by atoms with Crippen molar-refractivity contribution in [3.05, 3.63) is 65.2 Å². The van der Waals surface area contributed by atoms with Crippen LogP contribution < -0.4 is 20.1 Å². The van der Waals surface area contributed by atoms with E-state index in [0.717, 1.165) is 54.9 Å². The third-order valence-corrected chi connectivity index (χ3v) is 9.49. The number of ether oxygens (including phenoxy) is 2. The maximum Gasteiger partial charge on any atom is 0.407 e. The van der Waals surface area contributed by atoms with Crippen molar-refractivity contribution in [2.75, 3.05) is 11.3 Å². The minimum absolute atomic E-state index is 0.0159. The number of carbonyl (C=O) groups is 2. The second-order valence-corrected chi connectivity index (χ2v) is 15.8. The highest BCUT2D eigenvalue weighted by Gasteiger charge is 2.27. The molecular formula is C36H49N5O7S. The highest BCUT2D eigenvalue weighted by Crippen LogP contribution is 2.30. The molecule has 1 saturated carbocycles. The van der Waals surface area contributed by atoms with E-state index in [-0.39, 0.29) is 47.0 Å². The summed E-state index contributed by atoms with van der Waals surface area (Å²) in [7, 11) is -4.23. The van der Waals surface area contributed by atoms with Gasteiger partial charge in [0.1, 0.15) is 12.2 Å². The smallest absolute Gasteiger partial charge is 0.407 e. The molecule has 12 nitrogen and oxygen atoms in total. The van der Waals surface area contributed by atoms with E-state index in [1.54, 1.807) is 6.07 Å². The lowest BCUT2D eigenvalue weighted by Gasteiger charge is -2.33. The summed E-state index contributed by atoms with van der Waals surface area (Å²) in [6, 6.07) is 12.9. The van der Waals surface area contributed by atoms with Crippen molar-refractivity contribution in [2.24, 2.45) is 5.92 Å². The van der Waals surface area contributed by atoms with Crippen LogP contribution in [0.5, 0.6) is 5.88 Å². The standard InChI is InChI=1S/C36H49N5O7S/c1-22(2)18-28(37-26-14-16-27(17-15-26)38-35(44)48-36(5,6)7)21-47-31-20-30(32-23(3)10-8-11-24(32)4)39-34(40-31)41-49(45,46)29-13-9-12-25(19-29)33(42)43/h8-13,19-20,22,26-28,37H,14-18,21H2,1-7H3,(H,38,44)(H,42,43)(H,39,40,41)/t26?,27?,28-/m1/s1. The lowest BCUT2D eigenvalue weighted by Crippen LogP contribution is -2.47. The van der Waals surface area contributed by atoms with Gasteiger partial charge in [-0.2, -0.15) is 4.98 Å². The molecule has 4 N–H and O–H groups in total. The Morgan fingerprint density at radius 2 is 1.59 bits per heavy atom. The van der Waals surface area contributed by atoms with Crippen molar-refractivity contribution < 1.29 is 32.6 Å². The van der Waals surface area contributed by atoms with Gasteiger partial charge in [-0.25, -0.2) is 27.7 Å². The summed E-state index contributed by atoms with van der Waals surface area (Å²) in [6.07, 6.45) is 3.87. The number of anilines is 1. The van der Waals surface area contributed by atoms with Gasteiger partial charge in [0.05, 0.1) is 16.2 Å². The number of carboxylic acid groups (broad SMARTS) is 1. The van der Waals surface area contributed by atoms with Crippen LogP contribution in [0.1, 0.15) is 88.2 Å². The van der Waals surface area contributed by atoms with Gasteiger partial charge >= 0.3 is 12.1 Å². The van der Waals surface area contributed by atoms with Gasteiger partial charge in [-0.15, -0.1) is 0 Å². The van der Waals surface area contributed by atoms with Crippen molar-refractivity contribution in [2.45, 2.75) is 109 Å². The molecule has 2 aromatic carbocycles. The molecule has 49 heavy (non-hydrogen) atoms. The molecule has 0 aliphatic heterocycles. The van der Waals surface area contributed by atoms with Gasteiger partial charge in [-0.1, -0.05) is 38.1 Å². The first-order valence-corrected chi connectivity index (χ1v) is 18.2. The van der Waals surface area contributed by atoms with Crippen LogP contribution in [0.15, 0.2) is 53.4 Å². The van der Waals surface area contributed by atoms with Crippen LogP contribution in [0.25, 0.3) is 11.3 Å². The van der Waals surface area contributed by atoms with Gasteiger partial charge in [0.25, 0.3) is 10.0 Å². The summed E-state index contributed by atoms with van der Waals surface area (Å²) in [6.45, 7) is 14.0. The van der Waals surface area contributed by atoms with E-state index in [1.165, 1.54) is 18.2 Å². The molecule has 1 aliphatic carbocycles. The summed E-state index contributed by atoms with van der Waals surface area (Å²) >= 11 is 0. The van der Waals surface area contributed by atoms with E-state index in [9.17, 15) is 23.1 Å². The van der Waals surface area contributed by atoms with Crippen molar-refractivity contribution in [1.29, 1.82) is 0 Å². The van der Waals surface area contributed by atoms with Crippen LogP contribution in [0, 0.1) is 19.8 Å². The number of carbonyl (C=O) groups excluding carboxylic acids is 1. The van der Waals surface area contributed by atoms with Crippen LogP contribution in [0.4, 0.5) is 10.7 Å². The van der Waals surface area contributed by atoms with Crippen molar-refractivity contribution in [1.82, 2.24) is 20.6 Å². The molecule has 0 bridgehead atoms. The molecule has 0 radical (unpaired) electrons. The summed E-state index contributed by atoms with van der Waals surface area (Å²) in [5.41, 5.74) is 2.51. The van der Waals surface area contributed by atoms with E-state index in [2.05, 4.69) is 39.2 Å². The van der Waals surface area contributed by atoms with E-state index in [0.29, 0.717) is 11.6 Å². The normalized spacial score (nSPS) is 17.3. The first-order valence-electron chi connectivity index (χ1n) is 16.7. The molecule has 3 aromatic rings. The Bertz CT molecular complexity index is 1710. The Kier molecular flexibility index (Phi) is 12.3. The molecule has 1 fully saturated rings. The molecule has 1 aliphatic rings. The highest BCUT2D eigenvalue weighted by atomic mass is 32.2. The minimum Gasteiger partial charge on any atom is -0.478 e. The molecule has 1 amide bonds. The maximum absolute atomic E-state index is 13.4. The van der Waals surface area contributed by atoms with E-state index in [1.807, 2.05) is 52.8 Å². The van der Waals surface area contributed by atoms with Crippen LogP contribution in [-0.4, -0.2) is 65.9 Å². The number of nitrogens with one attached hydrogen (secondary N) is 3. The number of aryl methyl sites for hydroxylation is 2. The summed E-state index contributed by atoms with van der Waals surface area (Å²) in [5.74, 6) is -0.854. The van der Waals surface area contributed by atoms with Gasteiger partial charge in [-0.05, 0) is 102 Å². The first kappa shape index (κ1) is 37.6. The topological polar surface area (TPSA) is 169 Å². The lowest BCUT2D eigenvalue weighted by atomic mass is 9.90. The van der Waals surface area contributed by atoms with Crippen LogP contribution in [0.3, 0.4) is 0 Å². The average molecular weight is 696 g/mol. The fourth-order valence-corrected chi connectivity index (χ4v) is 7.01. The predicted molar refractivity (Wildman–Crippen MR) is 188 cm³/mol. The molecule has 266 valence electrons. The number of alkyl carbamates (subject to hydrolysis) is 1. The number of aromatic nitrogens is 2. The Hall–Kier alpha value is -4.23. The maximum atomic E-state index is 13.4. The van der Waals surface area contributed by atoms with Gasteiger partial charge in [0, 0.05) is 29.8 Å². The molecule has 1 heterocycles. The fourth-order valence-electron chi connectivity index (χ4n) is 6.02. The van der Waals surface area contributed by atoms with Crippen LogP contribution in [-0.2, 0) is 14.8 Å². The molecule has 13 heteroatoms. The zero-order valence-electron chi connectivity index (χ0n) is 29.4. The second kappa shape index (κ2) is 16.0. The molecule has 0 unspecified atom stereocenters. The zero-order valence-corrected chi connectivity index (χ0v) is 30.2. The monoisotopic (exact) mass is 695 g/mol. The summed E-state index contributed by atoms with van der Waals surface area (Å²) in [5, 5.41) is 16.1. The molecule has 0 saturated heterocycles. The summed E-state index contributed by atoms with van der Waals surface area (Å²) < 4.78 is 40.8. The number of benzene rings is 2. The van der Waals surface area contributed by atoms with Gasteiger partial charge < -0.3 is 25.2 Å². The predicted octanol–water partition coefficient (Wildman–Crippen LogP) is 6.48. The highest BCUT2D eigenvalue weighted by molar-refractivity contribution is 7.92. The Labute approximate surface area is 289 Å². The fraction of sp³-hybridized carbons (Fsp3) is 0.500. The largest absolute Gasteiger partial charge is 0.478 e. The van der Waals surface area contributed by atoms with E-state index >= 15 is 0 Å². The summed E-state index contributed by atoms with van der Waals surface area (Å²) in [4.78, 5) is 32.5. The number of rotatable bonds is 13. The number of nitrogens with zero attached hydrogens (tertiary/aromatic N) is 2. The second-order valence-electron chi connectivity index (χ2n) is 14.1. The van der Waals surface area contributed by atoms with E-state index < -0.39 is 27.7 Å². The third-order valence-electron chi connectivity index (χ3n) is 8.16. The SMILES string of the molecule is Cc1cccc(C)c1-c1cc(OC[C@@H](CC(C)C)NC2CCC(NC(=O)OC(C)(C)C)CC2)nc(NS(=O)(=O)c2cccc(C(=O)O)c2)n1. The van der Waals surface area contributed by atoms with E-state index in [4.69, 9.17) is 9.47 Å². The first-order chi connectivity index (χ1) is 23.0. The zero-order chi connectivity index (χ0) is 35.9. The van der Waals surface area contributed by atoms with Crippen molar-refractivity contribution in [3.63, 3.8) is 0 Å². The Balaban J connectivity index is 1.52. The van der Waals surface area contributed by atoms with Crippen molar-refractivity contribution in [3.8, 4) is 17.1 Å². The lowest BCUT2D eigenvalue weighted by molar-refractivity contribution is 0.0488. The number of hydrogen-bond donors (Lipinski definition) is 4. The van der Waals surface area contributed by atoms with Gasteiger partial charge in [0.15, 0.2) is 0 Å². The number of carboxylic acids is 1. The van der Waals surface area contributed by atoms with Crippen LogP contribution >= 0.6 is 0 Å². The molecular weight excluding hydrogens is 646 g/mol. The number of aromatic carboxylic acids is 1. The quantitative estimate of drug-likeness (QED) is 0.155. The third kappa shape index (κ3) is 11.1. The van der Waals surface area contributed by atoms with Crippen LogP contribution in [0.2, 0.25) is 0 Å². The number of hydrogen-bond acceptors (Lipinski definition) is 9. The molecule has 1 aromatic heterocycles. The minimum atomic E-state index is -4.23. The Morgan fingerprint density at radius 1 is 0.959 bits per heavy atom. The van der Waals surface area contributed by atoms with Gasteiger partial charge in [-0.3, -0.25) is 0 Å². The molecule has 1 atom stereocenters. The van der Waals surface area contributed by atoms with Crippen molar-refractivity contribution >= 4 is 28.0 Å². The average Bonchev–Trinajstić information content (AvgIpc) is 2.99. The number of sulfonamides is 1. The molecule has 4 rings (SSSR count). The van der Waals surface area contributed by atoms with Gasteiger partial charge in [0.2, 0.25) is 11.8 Å².